The van der Waals surface area contributed by atoms with E-state index >= 15 is 0 Å². The van der Waals surface area contributed by atoms with Crippen LogP contribution in [0.1, 0.15) is 87.0 Å². The number of hydrogen-bond donors (Lipinski definition) is 1. The Morgan fingerprint density at radius 1 is 1.22 bits per heavy atom. The van der Waals surface area contributed by atoms with Gasteiger partial charge in [-0.2, -0.15) is 0 Å². The van der Waals surface area contributed by atoms with Crippen molar-refractivity contribution in [2.45, 2.75) is 108 Å². The highest BCUT2D eigenvalue weighted by molar-refractivity contribution is 8.02. The molecule has 37 heavy (non-hydrogen) atoms. The van der Waals surface area contributed by atoms with E-state index in [0.29, 0.717) is 25.9 Å². The Hall–Kier alpha value is -1.54. The van der Waals surface area contributed by atoms with Crippen LogP contribution in [0.15, 0.2) is 12.7 Å². The van der Waals surface area contributed by atoms with Crippen LogP contribution in [0.5, 0.6) is 0 Å². The van der Waals surface area contributed by atoms with Crippen LogP contribution in [0.25, 0.3) is 0 Å². The average molecular weight is 537 g/mol. The molecule has 1 spiro atoms. The lowest BCUT2D eigenvalue weighted by atomic mass is 9.66. The van der Waals surface area contributed by atoms with Gasteiger partial charge in [0.1, 0.15) is 6.04 Å². The molecule has 7 nitrogen and oxygen atoms in total. The van der Waals surface area contributed by atoms with Crippen LogP contribution in [0.2, 0.25) is 0 Å². The van der Waals surface area contributed by atoms with E-state index in [2.05, 4.69) is 48.1 Å². The highest BCUT2D eigenvalue weighted by Crippen LogP contribution is 2.71. The fourth-order valence-electron chi connectivity index (χ4n) is 7.41. The summed E-state index contributed by atoms with van der Waals surface area (Å²) in [5.74, 6) is -1.57. The van der Waals surface area contributed by atoms with Gasteiger partial charge in [0.15, 0.2) is 0 Å². The standard InChI is InChI=1S/C29H48N2O5S/c1-9-16-31(27(6,7)19-26(3,4)5)24(34)22-29-15-14-28(8,37-29)21(25(35)36-10-2)20(29)23(33)30(22)17-12-11-13-18-32/h9,20-22,32H,1,10-19H2,2-8H3/t20-,21-,22?,28+,29?/m0/s1. The summed E-state index contributed by atoms with van der Waals surface area (Å²) in [6.45, 7) is 19.7. The van der Waals surface area contributed by atoms with Crippen LogP contribution in [-0.2, 0) is 19.1 Å². The van der Waals surface area contributed by atoms with Crippen molar-refractivity contribution in [2.75, 3.05) is 26.3 Å². The van der Waals surface area contributed by atoms with Gasteiger partial charge in [0.25, 0.3) is 0 Å². The number of amides is 2. The maximum atomic E-state index is 14.7. The second kappa shape index (κ2) is 10.9. The summed E-state index contributed by atoms with van der Waals surface area (Å²) in [6, 6.07) is -0.635. The minimum absolute atomic E-state index is 0.00252. The van der Waals surface area contributed by atoms with Crippen molar-refractivity contribution in [1.29, 1.82) is 0 Å². The monoisotopic (exact) mass is 536 g/mol. The molecule has 0 aromatic heterocycles. The molecule has 0 radical (unpaired) electrons. The number of aliphatic hydroxyl groups excluding tert-OH is 1. The van der Waals surface area contributed by atoms with Gasteiger partial charge in [-0.25, -0.2) is 0 Å². The Morgan fingerprint density at radius 3 is 2.46 bits per heavy atom. The number of aliphatic hydroxyl groups is 1. The topological polar surface area (TPSA) is 87.2 Å². The van der Waals surface area contributed by atoms with Gasteiger partial charge in [-0.1, -0.05) is 26.8 Å². The van der Waals surface area contributed by atoms with Gasteiger partial charge in [0, 0.05) is 30.0 Å². The zero-order valence-corrected chi connectivity index (χ0v) is 24.8. The Labute approximate surface area is 227 Å². The lowest BCUT2D eigenvalue weighted by Crippen LogP contribution is -2.60. The molecule has 2 unspecified atom stereocenters. The molecule has 5 atom stereocenters. The van der Waals surface area contributed by atoms with Gasteiger partial charge in [0.05, 0.1) is 23.2 Å². The second-order valence-electron chi connectivity index (χ2n) is 13.1. The fraction of sp³-hybridized carbons (Fsp3) is 0.828. The van der Waals surface area contributed by atoms with E-state index in [1.807, 2.05) is 4.90 Å². The molecule has 3 aliphatic heterocycles. The largest absolute Gasteiger partial charge is 0.466 e. The molecule has 2 bridgehead atoms. The third-order valence-corrected chi connectivity index (χ3v) is 10.4. The molecule has 3 rings (SSSR count). The number of unbranched alkanes of at least 4 members (excludes halogenated alkanes) is 2. The zero-order chi connectivity index (χ0) is 27.8. The van der Waals surface area contributed by atoms with E-state index in [1.165, 1.54) is 0 Å². The summed E-state index contributed by atoms with van der Waals surface area (Å²) in [5.41, 5.74) is -0.446. The van der Waals surface area contributed by atoms with Gasteiger partial charge in [-0.3, -0.25) is 14.4 Å². The fourth-order valence-corrected chi connectivity index (χ4v) is 9.75. The SMILES string of the molecule is C=CCN(C(=O)C1N(CCCCCO)C(=O)[C@@H]2[C@@H](C(=O)OCC)[C@@]3(C)CCC12S3)C(C)(C)CC(C)(C)C. The van der Waals surface area contributed by atoms with Crippen molar-refractivity contribution < 1.29 is 24.2 Å². The predicted molar refractivity (Wildman–Crippen MR) is 148 cm³/mol. The molecular weight excluding hydrogens is 488 g/mol. The maximum Gasteiger partial charge on any atom is 0.311 e. The molecule has 8 heteroatoms. The molecule has 3 heterocycles. The lowest BCUT2D eigenvalue weighted by molar-refractivity contribution is -0.155. The average Bonchev–Trinajstić information content (AvgIpc) is 3.34. The van der Waals surface area contributed by atoms with Crippen LogP contribution < -0.4 is 0 Å². The molecule has 0 aliphatic carbocycles. The molecule has 0 saturated carbocycles. The van der Waals surface area contributed by atoms with Gasteiger partial charge in [0.2, 0.25) is 11.8 Å². The number of likely N-dealkylation sites (tertiary alicyclic amines) is 1. The lowest BCUT2D eigenvalue weighted by Gasteiger charge is -2.46. The summed E-state index contributed by atoms with van der Waals surface area (Å²) in [4.78, 5) is 45.7. The molecule has 210 valence electrons. The van der Waals surface area contributed by atoms with Crippen LogP contribution in [0.4, 0.5) is 0 Å². The minimum Gasteiger partial charge on any atom is -0.466 e. The Kier molecular flexibility index (Phi) is 8.85. The number of hydrogen-bond acceptors (Lipinski definition) is 6. The third-order valence-electron chi connectivity index (χ3n) is 8.38. The Balaban J connectivity index is 2.06. The molecule has 3 saturated heterocycles. The Bertz CT molecular complexity index is 899. The van der Waals surface area contributed by atoms with Crippen LogP contribution in [-0.4, -0.2) is 80.1 Å². The Morgan fingerprint density at radius 2 is 1.89 bits per heavy atom. The quantitative estimate of drug-likeness (QED) is 0.226. The van der Waals surface area contributed by atoms with Crippen LogP contribution in [0.3, 0.4) is 0 Å². The highest BCUT2D eigenvalue weighted by atomic mass is 32.2. The van der Waals surface area contributed by atoms with E-state index < -0.39 is 32.9 Å². The zero-order valence-electron chi connectivity index (χ0n) is 24.0. The van der Waals surface area contributed by atoms with Crippen LogP contribution >= 0.6 is 11.8 Å². The number of nitrogens with zero attached hydrogens (tertiary/aromatic N) is 2. The first-order valence-corrected chi connectivity index (χ1v) is 14.7. The number of ether oxygens (including phenoxy) is 1. The smallest absolute Gasteiger partial charge is 0.311 e. The van der Waals surface area contributed by atoms with Crippen molar-refractivity contribution in [3.63, 3.8) is 0 Å². The summed E-state index contributed by atoms with van der Waals surface area (Å²) in [7, 11) is 0. The summed E-state index contributed by atoms with van der Waals surface area (Å²) in [6.07, 6.45) is 6.21. The number of thioether (sulfide) groups is 1. The van der Waals surface area contributed by atoms with Gasteiger partial charge in [-0.05, 0) is 71.6 Å². The van der Waals surface area contributed by atoms with E-state index in [4.69, 9.17) is 4.74 Å². The molecule has 3 fully saturated rings. The first-order valence-electron chi connectivity index (χ1n) is 13.9. The first kappa shape index (κ1) is 30.0. The summed E-state index contributed by atoms with van der Waals surface area (Å²) >= 11 is 1.68. The van der Waals surface area contributed by atoms with Crippen molar-refractivity contribution in [3.8, 4) is 0 Å². The highest BCUT2D eigenvalue weighted by Gasteiger charge is 2.77. The van der Waals surface area contributed by atoms with E-state index in [9.17, 15) is 19.5 Å². The number of esters is 1. The van der Waals surface area contributed by atoms with Gasteiger partial charge < -0.3 is 19.6 Å². The van der Waals surface area contributed by atoms with Crippen molar-refractivity contribution >= 4 is 29.5 Å². The second-order valence-corrected chi connectivity index (χ2v) is 15.0. The van der Waals surface area contributed by atoms with E-state index in [-0.39, 0.29) is 36.4 Å². The maximum absolute atomic E-state index is 14.7. The van der Waals surface area contributed by atoms with Crippen LogP contribution in [0, 0.1) is 17.3 Å². The summed E-state index contributed by atoms with van der Waals surface area (Å²) in [5, 5.41) is 9.25. The first-order chi connectivity index (χ1) is 17.2. The molecule has 2 amide bonds. The molecular formula is C29H48N2O5S. The molecule has 0 aromatic carbocycles. The molecule has 1 N–H and O–H groups in total. The summed E-state index contributed by atoms with van der Waals surface area (Å²) < 4.78 is 4.41. The van der Waals surface area contributed by atoms with Gasteiger partial charge >= 0.3 is 5.97 Å². The van der Waals surface area contributed by atoms with Crippen molar-refractivity contribution in [3.05, 3.63) is 12.7 Å². The van der Waals surface area contributed by atoms with E-state index in [0.717, 1.165) is 25.7 Å². The number of fused-ring (bicyclic) bond motifs is 1. The van der Waals surface area contributed by atoms with Crippen molar-refractivity contribution in [2.24, 2.45) is 17.3 Å². The van der Waals surface area contributed by atoms with Gasteiger partial charge in [-0.15, -0.1) is 18.3 Å². The number of carbonyl (C=O) groups excluding carboxylic acids is 3. The molecule has 3 aliphatic rings. The third kappa shape index (κ3) is 5.47. The number of carbonyl (C=O) groups is 3. The normalized spacial score (nSPS) is 31.0. The predicted octanol–water partition coefficient (Wildman–Crippen LogP) is 4.42. The van der Waals surface area contributed by atoms with E-state index in [1.54, 1.807) is 29.7 Å². The number of rotatable bonds is 12. The minimum atomic E-state index is -0.644. The van der Waals surface area contributed by atoms with Crippen molar-refractivity contribution in [1.82, 2.24) is 9.80 Å². The molecule has 0 aromatic rings.